The molecule has 1 aromatic heterocycles. The van der Waals surface area contributed by atoms with Gasteiger partial charge in [0.2, 0.25) is 17.6 Å². The van der Waals surface area contributed by atoms with Crippen molar-refractivity contribution in [1.82, 2.24) is 4.98 Å². The molecule has 188 valence electrons. The number of para-hydroxylation sites is 1. The van der Waals surface area contributed by atoms with Gasteiger partial charge in [-0.05, 0) is 73.5 Å². The molecule has 0 radical (unpaired) electrons. The van der Waals surface area contributed by atoms with Crippen LogP contribution in [0.3, 0.4) is 0 Å². The van der Waals surface area contributed by atoms with Gasteiger partial charge in [0, 0.05) is 16.8 Å². The number of hydrogen-bond donors (Lipinski definition) is 2. The predicted molar refractivity (Wildman–Crippen MR) is 137 cm³/mol. The van der Waals surface area contributed by atoms with Crippen molar-refractivity contribution >= 4 is 34.1 Å². The van der Waals surface area contributed by atoms with Gasteiger partial charge in [0.25, 0.3) is 5.88 Å². The van der Waals surface area contributed by atoms with Crippen LogP contribution in [0.1, 0.15) is 12.8 Å². The molecule has 0 bridgehead atoms. The highest BCUT2D eigenvalue weighted by atomic mass is 19.1. The lowest BCUT2D eigenvalue weighted by molar-refractivity contribution is -0.131. The summed E-state index contributed by atoms with van der Waals surface area (Å²) in [5.74, 6) is 0.407. The standard InChI is InChI=1S/C28H24FN3O5/c1-35-24-23(21-5-3-4-6-22(21)32-25(24)36-2)37-20-13-11-19(12-14-20)31-27(34)28(15-16-28)26(33)30-18-9-7-17(29)8-10-18/h3-14H,15-16H2,1-2H3,(H,30,33)(H,31,34). The highest BCUT2D eigenvalue weighted by Gasteiger charge is 2.56. The number of fused-ring (bicyclic) bond motifs is 1. The molecule has 0 spiro atoms. The van der Waals surface area contributed by atoms with Gasteiger partial charge in [-0.2, -0.15) is 0 Å². The van der Waals surface area contributed by atoms with Crippen LogP contribution in [0.15, 0.2) is 72.8 Å². The number of benzene rings is 3. The van der Waals surface area contributed by atoms with Crippen LogP contribution in [-0.4, -0.2) is 31.0 Å². The third kappa shape index (κ3) is 4.75. The second kappa shape index (κ2) is 9.77. The summed E-state index contributed by atoms with van der Waals surface area (Å²) in [6.45, 7) is 0. The largest absolute Gasteiger partial charge is 0.489 e. The minimum absolute atomic E-state index is 0.300. The summed E-state index contributed by atoms with van der Waals surface area (Å²) < 4.78 is 30.2. The molecule has 0 saturated heterocycles. The Balaban J connectivity index is 1.31. The van der Waals surface area contributed by atoms with E-state index in [-0.39, 0.29) is 0 Å². The highest BCUT2D eigenvalue weighted by molar-refractivity contribution is 6.16. The summed E-state index contributed by atoms with van der Waals surface area (Å²) in [6, 6.07) is 19.7. The molecule has 4 aromatic rings. The molecule has 1 aliphatic rings. The molecule has 0 aliphatic heterocycles. The first-order valence-electron chi connectivity index (χ1n) is 11.6. The van der Waals surface area contributed by atoms with E-state index >= 15 is 0 Å². The Hall–Kier alpha value is -4.66. The molecule has 9 heteroatoms. The number of ether oxygens (including phenoxy) is 3. The normalized spacial score (nSPS) is 13.5. The lowest BCUT2D eigenvalue weighted by Gasteiger charge is -2.17. The number of methoxy groups -OCH3 is 2. The Morgan fingerprint density at radius 3 is 1.97 bits per heavy atom. The van der Waals surface area contributed by atoms with E-state index in [4.69, 9.17) is 14.2 Å². The van der Waals surface area contributed by atoms with Crippen LogP contribution in [0.25, 0.3) is 10.9 Å². The second-order valence-electron chi connectivity index (χ2n) is 8.62. The Morgan fingerprint density at radius 2 is 1.41 bits per heavy atom. The summed E-state index contributed by atoms with van der Waals surface area (Å²) in [7, 11) is 3.02. The topological polar surface area (TPSA) is 98.8 Å². The van der Waals surface area contributed by atoms with Gasteiger partial charge in [0.1, 0.15) is 17.0 Å². The lowest BCUT2D eigenvalue weighted by atomic mass is 10.0. The summed E-state index contributed by atoms with van der Waals surface area (Å²) in [5.41, 5.74) is 0.487. The zero-order valence-corrected chi connectivity index (χ0v) is 20.2. The molecular weight excluding hydrogens is 477 g/mol. The van der Waals surface area contributed by atoms with Crippen LogP contribution in [0.5, 0.6) is 23.1 Å². The number of amides is 2. The summed E-state index contributed by atoms with van der Waals surface area (Å²) >= 11 is 0. The van der Waals surface area contributed by atoms with Gasteiger partial charge in [0.15, 0.2) is 5.75 Å². The molecule has 1 aliphatic carbocycles. The van der Waals surface area contributed by atoms with Gasteiger partial charge in [-0.1, -0.05) is 12.1 Å². The average Bonchev–Trinajstić information content (AvgIpc) is 3.73. The van der Waals surface area contributed by atoms with E-state index in [2.05, 4.69) is 15.6 Å². The van der Waals surface area contributed by atoms with Crippen LogP contribution < -0.4 is 24.8 Å². The van der Waals surface area contributed by atoms with Crippen molar-refractivity contribution in [3.63, 3.8) is 0 Å². The summed E-state index contributed by atoms with van der Waals surface area (Å²) in [5, 5.41) is 6.26. The molecule has 1 saturated carbocycles. The minimum Gasteiger partial charge on any atom is -0.489 e. The molecular formula is C28H24FN3O5. The minimum atomic E-state index is -1.15. The maximum Gasteiger partial charge on any atom is 0.261 e. The maximum atomic E-state index is 13.1. The van der Waals surface area contributed by atoms with E-state index in [0.29, 0.717) is 52.9 Å². The van der Waals surface area contributed by atoms with E-state index in [9.17, 15) is 14.0 Å². The number of carbonyl (C=O) groups excluding carboxylic acids is 2. The van der Waals surface area contributed by atoms with Crippen molar-refractivity contribution in [3.05, 3.63) is 78.6 Å². The third-order valence-corrected chi connectivity index (χ3v) is 6.22. The van der Waals surface area contributed by atoms with Crippen LogP contribution in [0, 0.1) is 11.2 Å². The Bertz CT molecular complexity index is 1470. The zero-order valence-electron chi connectivity index (χ0n) is 20.2. The van der Waals surface area contributed by atoms with Crippen molar-refractivity contribution < 1.29 is 28.2 Å². The first-order chi connectivity index (χ1) is 17.9. The molecule has 1 heterocycles. The van der Waals surface area contributed by atoms with Gasteiger partial charge in [-0.15, -0.1) is 0 Å². The number of nitrogens with one attached hydrogen (secondary N) is 2. The van der Waals surface area contributed by atoms with Crippen LogP contribution in [0.2, 0.25) is 0 Å². The smallest absolute Gasteiger partial charge is 0.261 e. The van der Waals surface area contributed by atoms with Crippen molar-refractivity contribution in [2.75, 3.05) is 24.9 Å². The molecule has 1 fully saturated rings. The van der Waals surface area contributed by atoms with Crippen molar-refractivity contribution in [1.29, 1.82) is 0 Å². The molecule has 3 aromatic carbocycles. The van der Waals surface area contributed by atoms with Gasteiger partial charge in [-0.3, -0.25) is 9.59 Å². The number of hydrogen-bond acceptors (Lipinski definition) is 6. The molecule has 2 N–H and O–H groups in total. The van der Waals surface area contributed by atoms with Gasteiger partial charge in [0.05, 0.1) is 19.7 Å². The second-order valence-corrected chi connectivity index (χ2v) is 8.62. The van der Waals surface area contributed by atoms with Crippen LogP contribution in [-0.2, 0) is 9.59 Å². The summed E-state index contributed by atoms with van der Waals surface area (Å²) in [6.07, 6.45) is 0.869. The van der Waals surface area contributed by atoms with Gasteiger partial charge < -0.3 is 24.8 Å². The number of carbonyl (C=O) groups is 2. The predicted octanol–water partition coefficient (Wildman–Crippen LogP) is 5.54. The van der Waals surface area contributed by atoms with Crippen molar-refractivity contribution in [2.45, 2.75) is 12.8 Å². The fourth-order valence-electron chi connectivity index (χ4n) is 4.00. The SMILES string of the molecule is COc1nc2ccccc2c(Oc2ccc(NC(=O)C3(C(=O)Nc4ccc(F)cc4)CC3)cc2)c1OC. The van der Waals surface area contributed by atoms with Gasteiger partial charge in [-0.25, -0.2) is 9.37 Å². The summed E-state index contributed by atoms with van der Waals surface area (Å²) in [4.78, 5) is 30.2. The quantitative estimate of drug-likeness (QED) is 0.308. The third-order valence-electron chi connectivity index (χ3n) is 6.22. The number of aromatic nitrogens is 1. The number of halogens is 1. The number of rotatable bonds is 8. The number of nitrogens with zero attached hydrogens (tertiary/aromatic N) is 1. The maximum absolute atomic E-state index is 13.1. The highest BCUT2D eigenvalue weighted by Crippen LogP contribution is 2.48. The van der Waals surface area contributed by atoms with Crippen LogP contribution >= 0.6 is 0 Å². The molecule has 5 rings (SSSR count). The van der Waals surface area contributed by atoms with Crippen LogP contribution in [0.4, 0.5) is 15.8 Å². The van der Waals surface area contributed by atoms with E-state index < -0.39 is 23.0 Å². The number of pyridine rings is 1. The average molecular weight is 502 g/mol. The molecule has 0 atom stereocenters. The fraction of sp³-hybridized carbons (Fsp3) is 0.179. The monoisotopic (exact) mass is 501 g/mol. The first kappa shape index (κ1) is 24.1. The fourth-order valence-corrected chi connectivity index (χ4v) is 4.00. The zero-order chi connectivity index (χ0) is 26.0. The molecule has 37 heavy (non-hydrogen) atoms. The van der Waals surface area contributed by atoms with E-state index in [1.54, 1.807) is 24.3 Å². The Labute approximate surface area is 212 Å². The van der Waals surface area contributed by atoms with E-state index in [1.807, 2.05) is 24.3 Å². The van der Waals surface area contributed by atoms with E-state index in [1.165, 1.54) is 38.5 Å². The number of anilines is 2. The van der Waals surface area contributed by atoms with E-state index in [0.717, 1.165) is 5.39 Å². The Kier molecular flexibility index (Phi) is 6.35. The molecule has 8 nitrogen and oxygen atoms in total. The molecule has 2 amide bonds. The van der Waals surface area contributed by atoms with Gasteiger partial charge >= 0.3 is 0 Å². The molecule has 0 unspecified atom stereocenters. The van der Waals surface area contributed by atoms with Crippen molar-refractivity contribution in [3.8, 4) is 23.1 Å². The van der Waals surface area contributed by atoms with Crippen molar-refractivity contribution in [2.24, 2.45) is 5.41 Å². The Morgan fingerprint density at radius 1 is 0.811 bits per heavy atom. The first-order valence-corrected chi connectivity index (χ1v) is 11.6. The lowest BCUT2D eigenvalue weighted by Crippen LogP contribution is -2.35.